The van der Waals surface area contributed by atoms with Crippen LogP contribution in [-0.4, -0.2) is 0 Å². The van der Waals surface area contributed by atoms with Crippen molar-refractivity contribution >= 4 is 23.8 Å². The first-order valence-corrected chi connectivity index (χ1v) is 7.04. The molecule has 0 aliphatic carbocycles. The fourth-order valence-corrected chi connectivity index (χ4v) is 2.30. The number of hydrogen-bond donors (Lipinski definition) is 0. The molecule has 0 saturated carbocycles. The van der Waals surface area contributed by atoms with E-state index in [1.165, 1.54) is 27.8 Å². The first-order chi connectivity index (χ1) is 9.58. The predicted molar refractivity (Wildman–Crippen MR) is 92.1 cm³/mol. The minimum Gasteiger partial charge on any atom is -0.0985 e. The summed E-state index contributed by atoms with van der Waals surface area (Å²) < 4.78 is 0. The van der Waals surface area contributed by atoms with Crippen molar-refractivity contribution in [2.75, 3.05) is 0 Å². The highest BCUT2D eigenvalue weighted by molar-refractivity contribution is 6.27. The third kappa shape index (κ3) is 5.07. The van der Waals surface area contributed by atoms with Crippen LogP contribution in [0.25, 0.3) is 12.2 Å². The molecule has 0 aliphatic heterocycles. The van der Waals surface area contributed by atoms with Crippen molar-refractivity contribution in [3.63, 3.8) is 0 Å². The number of aryl methyl sites for hydroxylation is 3. The zero-order valence-corrected chi connectivity index (χ0v) is 13.1. The summed E-state index contributed by atoms with van der Waals surface area (Å²) in [7, 11) is 0. The predicted octanol–water partition coefficient (Wildman–Crippen LogP) is 6.15. The maximum Gasteiger partial charge on any atom is 0.00484 e. The molecule has 0 aromatic heterocycles. The lowest BCUT2D eigenvalue weighted by atomic mass is 10.0. The van der Waals surface area contributed by atoms with Crippen molar-refractivity contribution in [1.82, 2.24) is 0 Å². The van der Waals surface area contributed by atoms with Crippen molar-refractivity contribution in [2.45, 2.75) is 20.8 Å². The molecular weight excluding hydrogens is 264 g/mol. The highest BCUT2D eigenvalue weighted by Crippen LogP contribution is 2.16. The standard InChI is InChI=1S/C11H14.C8H7Cl/c1-5-11-9(3)6-8(2)7-10(11)4;9-7-6-8-4-2-1-3-5-8/h5-7H,1H2,2-4H3;1-7H. The molecule has 2 rings (SSSR count). The Hall–Kier alpha value is -1.79. The first kappa shape index (κ1) is 16.3. The molecule has 0 spiro atoms. The molecule has 2 aromatic rings. The van der Waals surface area contributed by atoms with E-state index < -0.39 is 0 Å². The second kappa shape index (κ2) is 8.39. The molecule has 20 heavy (non-hydrogen) atoms. The van der Waals surface area contributed by atoms with Crippen molar-refractivity contribution in [3.8, 4) is 0 Å². The summed E-state index contributed by atoms with van der Waals surface area (Å²) in [6.07, 6.45) is 3.77. The zero-order valence-electron chi connectivity index (χ0n) is 12.4. The van der Waals surface area contributed by atoms with Gasteiger partial charge in [0.2, 0.25) is 0 Å². The van der Waals surface area contributed by atoms with Gasteiger partial charge in [0, 0.05) is 5.54 Å². The van der Waals surface area contributed by atoms with Crippen LogP contribution < -0.4 is 0 Å². The van der Waals surface area contributed by atoms with E-state index in [9.17, 15) is 0 Å². The molecule has 0 amide bonds. The van der Waals surface area contributed by atoms with Crippen LogP contribution in [0.4, 0.5) is 0 Å². The van der Waals surface area contributed by atoms with Crippen molar-refractivity contribution in [1.29, 1.82) is 0 Å². The maximum atomic E-state index is 5.36. The van der Waals surface area contributed by atoms with Gasteiger partial charge >= 0.3 is 0 Å². The van der Waals surface area contributed by atoms with Gasteiger partial charge in [-0.25, -0.2) is 0 Å². The molecule has 104 valence electrons. The molecule has 0 bridgehead atoms. The van der Waals surface area contributed by atoms with Gasteiger partial charge in [0.15, 0.2) is 0 Å². The third-order valence-corrected chi connectivity index (χ3v) is 3.12. The van der Waals surface area contributed by atoms with Gasteiger partial charge < -0.3 is 0 Å². The number of halogens is 1. The Morgan fingerprint density at radius 1 is 0.950 bits per heavy atom. The van der Waals surface area contributed by atoms with Gasteiger partial charge in [-0.1, -0.05) is 72.3 Å². The van der Waals surface area contributed by atoms with E-state index in [0.717, 1.165) is 5.56 Å². The Morgan fingerprint density at radius 3 is 1.95 bits per heavy atom. The molecule has 2 aromatic carbocycles. The Bertz CT molecular complexity index is 557. The first-order valence-electron chi connectivity index (χ1n) is 6.60. The Kier molecular flexibility index (Phi) is 6.83. The van der Waals surface area contributed by atoms with E-state index in [2.05, 4.69) is 39.5 Å². The quantitative estimate of drug-likeness (QED) is 0.620. The third-order valence-electron chi connectivity index (χ3n) is 3.00. The monoisotopic (exact) mass is 284 g/mol. The van der Waals surface area contributed by atoms with Crippen molar-refractivity contribution < 1.29 is 0 Å². The summed E-state index contributed by atoms with van der Waals surface area (Å²) in [5.74, 6) is 0. The lowest BCUT2D eigenvalue weighted by Gasteiger charge is -2.05. The van der Waals surface area contributed by atoms with Gasteiger partial charge in [0.25, 0.3) is 0 Å². The summed E-state index contributed by atoms with van der Waals surface area (Å²) in [6.45, 7) is 10.1. The van der Waals surface area contributed by atoms with Crippen molar-refractivity contribution in [3.05, 3.63) is 82.4 Å². The Balaban J connectivity index is 0.000000204. The average molecular weight is 285 g/mol. The summed E-state index contributed by atoms with van der Waals surface area (Å²) in [4.78, 5) is 0. The van der Waals surface area contributed by atoms with Crippen LogP contribution in [0.2, 0.25) is 0 Å². The molecule has 0 atom stereocenters. The van der Waals surface area contributed by atoms with E-state index in [0.29, 0.717) is 0 Å². The van der Waals surface area contributed by atoms with Crippen LogP contribution >= 0.6 is 11.6 Å². The molecule has 0 heterocycles. The SMILES string of the molecule is C=Cc1c(C)cc(C)cc1C.ClC=Cc1ccccc1. The van der Waals surface area contributed by atoms with Crippen LogP contribution in [0.3, 0.4) is 0 Å². The lowest BCUT2D eigenvalue weighted by molar-refractivity contribution is 1.30. The molecule has 0 nitrogen and oxygen atoms in total. The highest BCUT2D eigenvalue weighted by atomic mass is 35.5. The molecule has 0 radical (unpaired) electrons. The van der Waals surface area contributed by atoms with Gasteiger partial charge in [-0.05, 0) is 49.1 Å². The summed E-state index contributed by atoms with van der Waals surface area (Å²) in [5, 5.41) is 0. The molecule has 1 heteroatoms. The maximum absolute atomic E-state index is 5.36. The van der Waals surface area contributed by atoms with Crippen LogP contribution in [-0.2, 0) is 0 Å². The summed E-state index contributed by atoms with van der Waals surface area (Å²) in [5.41, 5.74) is 7.87. The molecule has 0 N–H and O–H groups in total. The van der Waals surface area contributed by atoms with Crippen LogP contribution in [0, 0.1) is 20.8 Å². The fourth-order valence-electron chi connectivity index (χ4n) is 2.15. The zero-order chi connectivity index (χ0) is 15.0. The van der Waals surface area contributed by atoms with E-state index in [1.807, 2.05) is 42.5 Å². The van der Waals surface area contributed by atoms with E-state index >= 15 is 0 Å². The molecule has 0 saturated heterocycles. The van der Waals surface area contributed by atoms with Crippen molar-refractivity contribution in [2.24, 2.45) is 0 Å². The molecule has 0 aliphatic rings. The van der Waals surface area contributed by atoms with Crippen LogP contribution in [0.5, 0.6) is 0 Å². The number of hydrogen-bond acceptors (Lipinski definition) is 0. The van der Waals surface area contributed by atoms with Gasteiger partial charge in [-0.3, -0.25) is 0 Å². The highest BCUT2D eigenvalue weighted by Gasteiger charge is 1.98. The summed E-state index contributed by atoms with van der Waals surface area (Å²) >= 11 is 5.36. The van der Waals surface area contributed by atoms with Gasteiger partial charge in [-0.15, -0.1) is 0 Å². The molecule has 0 unspecified atom stereocenters. The van der Waals surface area contributed by atoms with E-state index in [1.54, 1.807) is 0 Å². The summed E-state index contributed by atoms with van der Waals surface area (Å²) in [6, 6.07) is 14.3. The fraction of sp³-hybridized carbons (Fsp3) is 0.158. The topological polar surface area (TPSA) is 0 Å². The van der Waals surface area contributed by atoms with Crippen LogP contribution in [0.1, 0.15) is 27.8 Å². The van der Waals surface area contributed by atoms with E-state index in [-0.39, 0.29) is 0 Å². The Morgan fingerprint density at radius 2 is 1.50 bits per heavy atom. The normalized spacial score (nSPS) is 10.0. The second-order valence-electron chi connectivity index (χ2n) is 4.72. The van der Waals surface area contributed by atoms with Gasteiger partial charge in [0.1, 0.15) is 0 Å². The minimum atomic E-state index is 1.13. The number of benzene rings is 2. The minimum absolute atomic E-state index is 1.13. The molecular formula is C19H21Cl. The largest absolute Gasteiger partial charge is 0.0985 e. The smallest absolute Gasteiger partial charge is 0.00484 e. The lowest BCUT2D eigenvalue weighted by Crippen LogP contribution is -1.87. The van der Waals surface area contributed by atoms with E-state index in [4.69, 9.17) is 11.6 Å². The average Bonchev–Trinajstić information content (AvgIpc) is 2.40. The molecule has 0 fully saturated rings. The Labute approximate surface area is 127 Å². The number of rotatable bonds is 2. The van der Waals surface area contributed by atoms with Gasteiger partial charge in [-0.2, -0.15) is 0 Å². The van der Waals surface area contributed by atoms with Crippen LogP contribution in [0.15, 0.2) is 54.6 Å². The second-order valence-corrected chi connectivity index (χ2v) is 4.97. The van der Waals surface area contributed by atoms with Gasteiger partial charge in [0.05, 0.1) is 0 Å².